The van der Waals surface area contributed by atoms with E-state index in [1.165, 1.54) is 5.56 Å². The average Bonchev–Trinajstić information content (AvgIpc) is 2.71. The van der Waals surface area contributed by atoms with E-state index in [1.54, 1.807) is 37.7 Å². The van der Waals surface area contributed by atoms with Gasteiger partial charge in [0.2, 0.25) is 0 Å². The smallest absolute Gasteiger partial charge is 0.257 e. The SMILES string of the molecule is COc1ccc(CCNc2cncc(C(=O)Nc3cc(Cl)ccc3C)c2)cc1. The molecule has 1 heterocycles. The standard InChI is InChI=1S/C22H22ClN3O2/c1-15-3-6-18(23)12-21(15)26-22(27)17-11-19(14-24-13-17)25-10-9-16-4-7-20(28-2)8-5-16/h3-8,11-14,25H,9-10H2,1-2H3,(H,26,27). The molecule has 6 heteroatoms. The minimum Gasteiger partial charge on any atom is -0.497 e. The molecule has 3 rings (SSSR count). The number of anilines is 2. The van der Waals surface area contributed by atoms with Gasteiger partial charge in [-0.1, -0.05) is 29.8 Å². The quantitative estimate of drug-likeness (QED) is 0.593. The van der Waals surface area contributed by atoms with Crippen molar-refractivity contribution in [2.45, 2.75) is 13.3 Å². The number of hydrogen-bond acceptors (Lipinski definition) is 4. The van der Waals surface area contributed by atoms with E-state index in [4.69, 9.17) is 16.3 Å². The highest BCUT2D eigenvalue weighted by atomic mass is 35.5. The van der Waals surface area contributed by atoms with Crippen molar-refractivity contribution in [3.05, 3.63) is 82.6 Å². The molecule has 1 amide bonds. The van der Waals surface area contributed by atoms with E-state index in [2.05, 4.69) is 15.6 Å². The van der Waals surface area contributed by atoms with Crippen molar-refractivity contribution in [3.8, 4) is 5.75 Å². The van der Waals surface area contributed by atoms with Crippen LogP contribution in [0.5, 0.6) is 5.75 Å². The molecule has 0 fully saturated rings. The lowest BCUT2D eigenvalue weighted by atomic mass is 10.1. The van der Waals surface area contributed by atoms with Crippen molar-refractivity contribution in [3.63, 3.8) is 0 Å². The van der Waals surface area contributed by atoms with E-state index in [0.717, 1.165) is 30.0 Å². The highest BCUT2D eigenvalue weighted by molar-refractivity contribution is 6.31. The average molecular weight is 396 g/mol. The number of ether oxygens (including phenoxy) is 1. The number of nitrogens with zero attached hydrogens (tertiary/aromatic N) is 1. The van der Waals surface area contributed by atoms with Gasteiger partial charge in [-0.05, 0) is 54.8 Å². The summed E-state index contributed by atoms with van der Waals surface area (Å²) >= 11 is 6.02. The molecule has 3 aromatic rings. The summed E-state index contributed by atoms with van der Waals surface area (Å²) in [4.78, 5) is 16.7. The van der Waals surface area contributed by atoms with Crippen molar-refractivity contribution in [2.24, 2.45) is 0 Å². The van der Waals surface area contributed by atoms with Crippen molar-refractivity contribution in [2.75, 3.05) is 24.3 Å². The third-order valence-electron chi connectivity index (χ3n) is 4.35. The summed E-state index contributed by atoms with van der Waals surface area (Å²) in [6.45, 7) is 2.65. The van der Waals surface area contributed by atoms with Gasteiger partial charge in [0.1, 0.15) is 5.75 Å². The number of hydrogen-bond donors (Lipinski definition) is 2. The molecule has 2 N–H and O–H groups in total. The maximum absolute atomic E-state index is 12.6. The number of benzene rings is 2. The van der Waals surface area contributed by atoms with Crippen molar-refractivity contribution >= 4 is 28.9 Å². The molecule has 0 atom stereocenters. The fourth-order valence-electron chi connectivity index (χ4n) is 2.73. The fourth-order valence-corrected chi connectivity index (χ4v) is 2.90. The Kier molecular flexibility index (Phi) is 6.50. The summed E-state index contributed by atoms with van der Waals surface area (Å²) in [7, 11) is 1.65. The van der Waals surface area contributed by atoms with Crippen LogP contribution in [0.1, 0.15) is 21.5 Å². The zero-order valence-electron chi connectivity index (χ0n) is 15.8. The summed E-state index contributed by atoms with van der Waals surface area (Å²) in [5.41, 5.74) is 4.11. The van der Waals surface area contributed by atoms with E-state index < -0.39 is 0 Å². The Morgan fingerprint density at radius 3 is 2.64 bits per heavy atom. The molecule has 0 aliphatic carbocycles. The zero-order valence-corrected chi connectivity index (χ0v) is 16.6. The van der Waals surface area contributed by atoms with E-state index in [9.17, 15) is 4.79 Å². The van der Waals surface area contributed by atoms with Crippen LogP contribution in [0, 0.1) is 6.92 Å². The molecular weight excluding hydrogens is 374 g/mol. The van der Waals surface area contributed by atoms with Gasteiger partial charge in [0.05, 0.1) is 18.4 Å². The molecular formula is C22H22ClN3O2. The first-order valence-corrected chi connectivity index (χ1v) is 9.32. The summed E-state index contributed by atoms with van der Waals surface area (Å²) in [6.07, 6.45) is 4.10. The number of amides is 1. The monoisotopic (exact) mass is 395 g/mol. The summed E-state index contributed by atoms with van der Waals surface area (Å²) in [5, 5.41) is 6.77. The van der Waals surface area contributed by atoms with E-state index in [0.29, 0.717) is 16.3 Å². The summed E-state index contributed by atoms with van der Waals surface area (Å²) < 4.78 is 5.17. The molecule has 0 saturated heterocycles. The first-order chi connectivity index (χ1) is 13.5. The molecule has 0 aliphatic heterocycles. The number of nitrogens with one attached hydrogen (secondary N) is 2. The van der Waals surface area contributed by atoms with Gasteiger partial charge in [-0.25, -0.2) is 0 Å². The van der Waals surface area contributed by atoms with Crippen LogP contribution < -0.4 is 15.4 Å². The van der Waals surface area contributed by atoms with Crippen LogP contribution in [0.2, 0.25) is 5.02 Å². The molecule has 2 aromatic carbocycles. The molecule has 28 heavy (non-hydrogen) atoms. The molecule has 144 valence electrons. The topological polar surface area (TPSA) is 63.2 Å². The van der Waals surface area contributed by atoms with E-state index >= 15 is 0 Å². The molecule has 0 aliphatic rings. The molecule has 0 bridgehead atoms. The van der Waals surface area contributed by atoms with Crippen LogP contribution in [0.15, 0.2) is 60.9 Å². The zero-order chi connectivity index (χ0) is 19.9. The molecule has 0 radical (unpaired) electrons. The van der Waals surface area contributed by atoms with E-state index in [1.807, 2.05) is 37.3 Å². The Morgan fingerprint density at radius 1 is 1.11 bits per heavy atom. The fraction of sp³-hybridized carbons (Fsp3) is 0.182. The van der Waals surface area contributed by atoms with Gasteiger partial charge in [-0.3, -0.25) is 9.78 Å². The second-order valence-electron chi connectivity index (χ2n) is 6.40. The number of aromatic nitrogens is 1. The van der Waals surface area contributed by atoms with Gasteiger partial charge in [0.25, 0.3) is 5.91 Å². The predicted molar refractivity (Wildman–Crippen MR) is 114 cm³/mol. The summed E-state index contributed by atoms with van der Waals surface area (Å²) in [5.74, 6) is 0.617. The number of methoxy groups -OCH3 is 1. The number of carbonyl (C=O) groups is 1. The first kappa shape index (κ1) is 19.7. The third-order valence-corrected chi connectivity index (χ3v) is 4.59. The van der Waals surface area contributed by atoms with Gasteiger partial charge < -0.3 is 15.4 Å². The van der Waals surface area contributed by atoms with Crippen molar-refractivity contribution in [1.82, 2.24) is 4.98 Å². The molecule has 0 unspecified atom stereocenters. The van der Waals surface area contributed by atoms with Crippen LogP contribution in [0.4, 0.5) is 11.4 Å². The second-order valence-corrected chi connectivity index (χ2v) is 6.84. The molecule has 0 spiro atoms. The maximum atomic E-state index is 12.6. The Hall–Kier alpha value is -3.05. The number of pyridine rings is 1. The van der Waals surface area contributed by atoms with Crippen LogP contribution in [-0.2, 0) is 6.42 Å². The van der Waals surface area contributed by atoms with E-state index in [-0.39, 0.29) is 5.91 Å². The Balaban J connectivity index is 1.59. The summed E-state index contributed by atoms with van der Waals surface area (Å²) in [6, 6.07) is 15.1. The number of carbonyl (C=O) groups excluding carboxylic acids is 1. The van der Waals surface area contributed by atoms with Gasteiger partial charge in [-0.2, -0.15) is 0 Å². The highest BCUT2D eigenvalue weighted by Gasteiger charge is 2.09. The van der Waals surface area contributed by atoms with Gasteiger partial charge >= 0.3 is 0 Å². The lowest BCUT2D eigenvalue weighted by Crippen LogP contribution is -2.14. The Labute approximate surface area is 169 Å². The minimum atomic E-state index is -0.225. The molecule has 1 aromatic heterocycles. The Morgan fingerprint density at radius 2 is 1.89 bits per heavy atom. The number of halogens is 1. The second kappa shape index (κ2) is 9.24. The van der Waals surface area contributed by atoms with Gasteiger partial charge in [-0.15, -0.1) is 0 Å². The molecule has 0 saturated carbocycles. The molecule has 5 nitrogen and oxygen atoms in total. The number of rotatable bonds is 7. The van der Waals surface area contributed by atoms with Crippen molar-refractivity contribution in [1.29, 1.82) is 0 Å². The number of aryl methyl sites for hydroxylation is 1. The van der Waals surface area contributed by atoms with Gasteiger partial charge in [0, 0.05) is 29.6 Å². The first-order valence-electron chi connectivity index (χ1n) is 8.94. The van der Waals surface area contributed by atoms with Crippen LogP contribution in [0.3, 0.4) is 0 Å². The largest absolute Gasteiger partial charge is 0.497 e. The third kappa shape index (κ3) is 5.24. The van der Waals surface area contributed by atoms with Crippen LogP contribution in [0.25, 0.3) is 0 Å². The van der Waals surface area contributed by atoms with Gasteiger partial charge in [0.15, 0.2) is 0 Å². The highest BCUT2D eigenvalue weighted by Crippen LogP contribution is 2.21. The van der Waals surface area contributed by atoms with Crippen molar-refractivity contribution < 1.29 is 9.53 Å². The predicted octanol–water partition coefficient (Wildman–Crippen LogP) is 4.96. The Bertz CT molecular complexity index is 958. The maximum Gasteiger partial charge on any atom is 0.257 e. The lowest BCUT2D eigenvalue weighted by molar-refractivity contribution is 0.102. The minimum absolute atomic E-state index is 0.225. The lowest BCUT2D eigenvalue weighted by Gasteiger charge is -2.11. The van der Waals surface area contributed by atoms with Crippen LogP contribution >= 0.6 is 11.6 Å². The normalized spacial score (nSPS) is 10.4. The van der Waals surface area contributed by atoms with Crippen LogP contribution in [-0.4, -0.2) is 24.5 Å².